The van der Waals surface area contributed by atoms with Crippen LogP contribution in [0.5, 0.6) is 0 Å². The van der Waals surface area contributed by atoms with E-state index in [0.717, 1.165) is 38.5 Å². The Balaban J connectivity index is 3.59. The Morgan fingerprint density at radius 3 is 2.46 bits per heavy atom. The monoisotopic (exact) mass is 332 g/mol. The molecule has 0 aliphatic carbocycles. The molecule has 0 heterocycles. The Kier molecular flexibility index (Phi) is 14.3. The van der Waals surface area contributed by atoms with Crippen LogP contribution in [-0.2, 0) is 9.53 Å². The average Bonchev–Trinajstić information content (AvgIpc) is 2.56. The molecule has 0 aromatic carbocycles. The maximum absolute atomic E-state index is 10.6. The SMILES string of the molecule is C/C=C(\O)C#CC#C[C@@H](O)/C=C\CCCCCCCCOC(C)=O. The molecule has 0 aromatic heterocycles. The van der Waals surface area contributed by atoms with Crippen LogP contribution in [0.15, 0.2) is 24.0 Å². The van der Waals surface area contributed by atoms with Crippen LogP contribution in [0, 0.1) is 23.7 Å². The molecule has 0 saturated heterocycles. The minimum atomic E-state index is -0.826. The van der Waals surface area contributed by atoms with E-state index in [1.54, 1.807) is 13.0 Å². The Hall–Kier alpha value is -2.17. The van der Waals surface area contributed by atoms with E-state index in [2.05, 4.69) is 23.7 Å². The number of rotatable bonds is 10. The van der Waals surface area contributed by atoms with Crippen LogP contribution in [0.1, 0.15) is 58.8 Å². The van der Waals surface area contributed by atoms with Gasteiger partial charge in [0.1, 0.15) is 6.10 Å². The lowest BCUT2D eigenvalue weighted by Gasteiger charge is -2.02. The summed E-state index contributed by atoms with van der Waals surface area (Å²) >= 11 is 0. The van der Waals surface area contributed by atoms with E-state index < -0.39 is 6.10 Å². The molecule has 4 nitrogen and oxygen atoms in total. The van der Waals surface area contributed by atoms with Crippen molar-refractivity contribution < 1.29 is 19.7 Å². The predicted molar refractivity (Wildman–Crippen MR) is 96.0 cm³/mol. The quantitative estimate of drug-likeness (QED) is 0.211. The number of hydrogen-bond acceptors (Lipinski definition) is 4. The molecule has 0 aromatic rings. The molecule has 0 aliphatic heterocycles. The lowest BCUT2D eigenvalue weighted by molar-refractivity contribution is -0.141. The molecule has 0 bridgehead atoms. The summed E-state index contributed by atoms with van der Waals surface area (Å²) in [6, 6.07) is 0. The fraction of sp³-hybridized carbons (Fsp3) is 0.550. The number of aliphatic hydroxyl groups excluding tert-OH is 2. The number of unbranched alkanes of at least 4 members (excludes halogenated alkanes) is 6. The van der Waals surface area contributed by atoms with E-state index in [-0.39, 0.29) is 11.7 Å². The van der Waals surface area contributed by atoms with Crippen molar-refractivity contribution >= 4 is 5.97 Å². The third-order valence-electron chi connectivity index (χ3n) is 3.14. The van der Waals surface area contributed by atoms with Gasteiger partial charge in [-0.25, -0.2) is 0 Å². The van der Waals surface area contributed by atoms with Crippen molar-refractivity contribution in [2.45, 2.75) is 64.9 Å². The Labute approximate surface area is 145 Å². The molecule has 0 unspecified atom stereocenters. The van der Waals surface area contributed by atoms with Crippen molar-refractivity contribution in [1.29, 1.82) is 0 Å². The molecule has 0 aliphatic rings. The van der Waals surface area contributed by atoms with Gasteiger partial charge in [-0.05, 0) is 56.1 Å². The Morgan fingerprint density at radius 1 is 1.12 bits per heavy atom. The molecule has 0 rings (SSSR count). The fourth-order valence-electron chi connectivity index (χ4n) is 1.84. The summed E-state index contributed by atoms with van der Waals surface area (Å²) in [6.45, 7) is 3.63. The van der Waals surface area contributed by atoms with Crippen LogP contribution in [-0.4, -0.2) is 28.9 Å². The summed E-state index contributed by atoms with van der Waals surface area (Å²) in [5.41, 5.74) is 0. The summed E-state index contributed by atoms with van der Waals surface area (Å²) in [5.74, 6) is 9.73. The third kappa shape index (κ3) is 16.2. The van der Waals surface area contributed by atoms with Gasteiger partial charge in [0.2, 0.25) is 0 Å². The summed E-state index contributed by atoms with van der Waals surface area (Å²) in [5, 5.41) is 18.7. The first kappa shape index (κ1) is 21.8. The number of hydrogen-bond donors (Lipinski definition) is 2. The van der Waals surface area contributed by atoms with Crippen LogP contribution in [0.2, 0.25) is 0 Å². The van der Waals surface area contributed by atoms with Gasteiger partial charge in [-0.2, -0.15) is 0 Å². The second kappa shape index (κ2) is 15.7. The predicted octanol–water partition coefficient (Wildman–Crippen LogP) is 3.67. The molecule has 0 radical (unpaired) electrons. The summed E-state index contributed by atoms with van der Waals surface area (Å²) < 4.78 is 4.87. The third-order valence-corrected chi connectivity index (χ3v) is 3.14. The number of ether oxygens (including phenoxy) is 1. The van der Waals surface area contributed by atoms with Crippen molar-refractivity contribution in [1.82, 2.24) is 0 Å². The molecule has 0 amide bonds. The number of aliphatic hydroxyl groups is 2. The van der Waals surface area contributed by atoms with Gasteiger partial charge in [0.25, 0.3) is 0 Å². The highest BCUT2D eigenvalue weighted by atomic mass is 16.5. The first-order chi connectivity index (χ1) is 11.6. The molecular formula is C20H28O4. The number of allylic oxidation sites excluding steroid dienone is 3. The van der Waals surface area contributed by atoms with Crippen LogP contribution < -0.4 is 0 Å². The van der Waals surface area contributed by atoms with Crippen molar-refractivity contribution in [3.63, 3.8) is 0 Å². The molecule has 0 saturated carbocycles. The lowest BCUT2D eigenvalue weighted by Crippen LogP contribution is -2.00. The molecule has 1 atom stereocenters. The van der Waals surface area contributed by atoms with Crippen LogP contribution >= 0.6 is 0 Å². The zero-order valence-electron chi connectivity index (χ0n) is 14.7. The van der Waals surface area contributed by atoms with Gasteiger partial charge in [0.15, 0.2) is 5.76 Å². The Bertz CT molecular complexity index is 523. The van der Waals surface area contributed by atoms with Crippen molar-refractivity contribution in [2.24, 2.45) is 0 Å². The fourth-order valence-corrected chi connectivity index (χ4v) is 1.84. The molecule has 4 heteroatoms. The number of carbonyl (C=O) groups is 1. The van der Waals surface area contributed by atoms with Crippen molar-refractivity contribution in [3.05, 3.63) is 24.0 Å². The van der Waals surface area contributed by atoms with Crippen molar-refractivity contribution in [2.75, 3.05) is 6.61 Å². The Morgan fingerprint density at radius 2 is 1.79 bits per heavy atom. The van der Waals surface area contributed by atoms with Gasteiger partial charge in [0, 0.05) is 6.92 Å². The van der Waals surface area contributed by atoms with Gasteiger partial charge in [-0.1, -0.05) is 37.7 Å². The summed E-state index contributed by atoms with van der Waals surface area (Å²) in [6.07, 6.45) is 11.7. The first-order valence-corrected chi connectivity index (χ1v) is 8.41. The van der Waals surface area contributed by atoms with E-state index in [9.17, 15) is 9.90 Å². The van der Waals surface area contributed by atoms with Crippen LogP contribution in [0.25, 0.3) is 0 Å². The minimum absolute atomic E-state index is 0.0271. The van der Waals surface area contributed by atoms with Gasteiger partial charge in [-0.15, -0.1) is 0 Å². The molecule has 2 N–H and O–H groups in total. The normalized spacial score (nSPS) is 12.0. The van der Waals surface area contributed by atoms with Gasteiger partial charge >= 0.3 is 5.97 Å². The maximum atomic E-state index is 10.6. The summed E-state index contributed by atoms with van der Waals surface area (Å²) in [4.78, 5) is 10.6. The second-order valence-corrected chi connectivity index (χ2v) is 5.32. The van der Waals surface area contributed by atoms with Gasteiger partial charge < -0.3 is 14.9 Å². The average molecular weight is 332 g/mol. The van der Waals surface area contributed by atoms with E-state index in [0.29, 0.717) is 6.61 Å². The van der Waals surface area contributed by atoms with E-state index >= 15 is 0 Å². The van der Waals surface area contributed by atoms with E-state index in [1.165, 1.54) is 19.4 Å². The standard InChI is InChI=1S/C20H28O4/c1-3-19(22)14-11-12-16-20(23)15-10-8-6-4-5-7-9-13-17-24-18(2)21/h3,10,15,20,22-23H,4-9,13,17H2,1-2H3/b15-10-,19-3-/t20-/m0/s1. The maximum Gasteiger partial charge on any atom is 0.302 e. The molecule has 132 valence electrons. The van der Waals surface area contributed by atoms with Crippen LogP contribution in [0.4, 0.5) is 0 Å². The molecular weight excluding hydrogens is 304 g/mol. The number of esters is 1. The highest BCUT2D eigenvalue weighted by Gasteiger charge is 1.94. The smallest absolute Gasteiger partial charge is 0.302 e. The van der Waals surface area contributed by atoms with Gasteiger partial charge in [0.05, 0.1) is 6.61 Å². The summed E-state index contributed by atoms with van der Waals surface area (Å²) in [7, 11) is 0. The van der Waals surface area contributed by atoms with E-state index in [4.69, 9.17) is 9.84 Å². The topological polar surface area (TPSA) is 66.8 Å². The lowest BCUT2D eigenvalue weighted by atomic mass is 10.1. The zero-order chi connectivity index (χ0) is 18.0. The highest BCUT2D eigenvalue weighted by molar-refractivity contribution is 5.65. The highest BCUT2D eigenvalue weighted by Crippen LogP contribution is 2.08. The minimum Gasteiger partial charge on any atom is -0.501 e. The zero-order valence-corrected chi connectivity index (χ0v) is 14.7. The van der Waals surface area contributed by atoms with E-state index in [1.807, 2.05) is 6.08 Å². The largest absolute Gasteiger partial charge is 0.501 e. The molecule has 24 heavy (non-hydrogen) atoms. The number of carbonyl (C=O) groups excluding carboxylic acids is 1. The molecule has 0 spiro atoms. The van der Waals surface area contributed by atoms with Crippen LogP contribution in [0.3, 0.4) is 0 Å². The second-order valence-electron chi connectivity index (χ2n) is 5.32. The first-order valence-electron chi connectivity index (χ1n) is 8.41. The molecule has 0 fully saturated rings. The van der Waals surface area contributed by atoms with Crippen molar-refractivity contribution in [3.8, 4) is 23.7 Å². The van der Waals surface area contributed by atoms with Gasteiger partial charge in [-0.3, -0.25) is 4.79 Å².